The molecule has 5 heteroatoms. The molecular formula is C16H20N4O. The highest BCUT2D eigenvalue weighted by atomic mass is 16.3. The quantitative estimate of drug-likeness (QED) is 0.906. The number of anilines is 1. The maximum atomic E-state index is 10.1. The van der Waals surface area contributed by atoms with Crippen LogP contribution in [0.1, 0.15) is 31.4 Å². The maximum absolute atomic E-state index is 10.1. The van der Waals surface area contributed by atoms with Gasteiger partial charge in [0, 0.05) is 29.7 Å². The summed E-state index contributed by atoms with van der Waals surface area (Å²) in [7, 11) is 0. The summed E-state index contributed by atoms with van der Waals surface area (Å²) < 4.78 is 0. The molecule has 1 saturated carbocycles. The second-order valence-electron chi connectivity index (χ2n) is 5.56. The SMILES string of the molecule is Cc1cc(N[C@H]2CCCC[C@@H]2O)nc(-c2ccncc2)n1. The molecule has 2 aromatic rings. The number of nitrogens with one attached hydrogen (secondary N) is 1. The highest BCUT2D eigenvalue weighted by Gasteiger charge is 2.23. The van der Waals surface area contributed by atoms with Crippen molar-refractivity contribution in [2.75, 3.05) is 5.32 Å². The van der Waals surface area contributed by atoms with E-state index in [0.717, 1.165) is 42.8 Å². The lowest BCUT2D eigenvalue weighted by Gasteiger charge is -2.28. The monoisotopic (exact) mass is 284 g/mol. The molecule has 1 aliphatic carbocycles. The van der Waals surface area contributed by atoms with Crippen LogP contribution in [-0.2, 0) is 0 Å². The van der Waals surface area contributed by atoms with E-state index in [1.54, 1.807) is 12.4 Å². The molecule has 0 spiro atoms. The zero-order valence-corrected chi connectivity index (χ0v) is 12.2. The predicted molar refractivity (Wildman–Crippen MR) is 81.9 cm³/mol. The van der Waals surface area contributed by atoms with Gasteiger partial charge in [-0.1, -0.05) is 12.8 Å². The molecule has 0 aromatic carbocycles. The van der Waals surface area contributed by atoms with Crippen LogP contribution in [-0.4, -0.2) is 32.2 Å². The number of aromatic nitrogens is 3. The molecule has 0 radical (unpaired) electrons. The van der Waals surface area contributed by atoms with Crippen molar-refractivity contribution >= 4 is 5.82 Å². The molecule has 2 atom stereocenters. The molecule has 2 heterocycles. The molecule has 1 aliphatic rings. The average Bonchev–Trinajstić information content (AvgIpc) is 2.50. The van der Waals surface area contributed by atoms with Gasteiger partial charge in [-0.15, -0.1) is 0 Å². The average molecular weight is 284 g/mol. The van der Waals surface area contributed by atoms with Crippen molar-refractivity contribution < 1.29 is 5.11 Å². The summed E-state index contributed by atoms with van der Waals surface area (Å²) in [5.41, 5.74) is 1.85. The van der Waals surface area contributed by atoms with E-state index in [4.69, 9.17) is 0 Å². The lowest BCUT2D eigenvalue weighted by Crippen LogP contribution is -2.36. The number of nitrogens with zero attached hydrogens (tertiary/aromatic N) is 3. The number of aliphatic hydroxyl groups excluding tert-OH is 1. The maximum Gasteiger partial charge on any atom is 0.161 e. The first-order chi connectivity index (χ1) is 10.2. The standard InChI is InChI=1S/C16H20N4O/c1-11-10-15(19-13-4-2-3-5-14(13)21)20-16(18-11)12-6-8-17-9-7-12/h6-10,13-14,21H,2-5H2,1H3,(H,18,19,20)/t13-,14-/m0/s1. The fourth-order valence-electron chi connectivity index (χ4n) is 2.74. The molecule has 110 valence electrons. The van der Waals surface area contributed by atoms with Crippen molar-refractivity contribution in [3.63, 3.8) is 0 Å². The first-order valence-electron chi connectivity index (χ1n) is 7.43. The van der Waals surface area contributed by atoms with Crippen LogP contribution >= 0.6 is 0 Å². The van der Waals surface area contributed by atoms with Gasteiger partial charge in [0.2, 0.25) is 0 Å². The molecule has 2 N–H and O–H groups in total. The third-order valence-electron chi connectivity index (χ3n) is 3.86. The van der Waals surface area contributed by atoms with Crippen LogP contribution in [0.4, 0.5) is 5.82 Å². The van der Waals surface area contributed by atoms with E-state index in [2.05, 4.69) is 20.3 Å². The van der Waals surface area contributed by atoms with Gasteiger partial charge < -0.3 is 10.4 Å². The Kier molecular flexibility index (Phi) is 4.10. The molecule has 2 aromatic heterocycles. The van der Waals surface area contributed by atoms with Gasteiger partial charge in [-0.25, -0.2) is 9.97 Å². The van der Waals surface area contributed by atoms with Crippen molar-refractivity contribution in [3.05, 3.63) is 36.3 Å². The highest BCUT2D eigenvalue weighted by molar-refractivity contribution is 5.56. The molecular weight excluding hydrogens is 264 g/mol. The van der Waals surface area contributed by atoms with Crippen LogP contribution < -0.4 is 5.32 Å². The van der Waals surface area contributed by atoms with Crippen molar-refractivity contribution in [2.24, 2.45) is 0 Å². The van der Waals surface area contributed by atoms with Crippen LogP contribution in [0.25, 0.3) is 11.4 Å². The third-order valence-corrected chi connectivity index (χ3v) is 3.86. The Hall–Kier alpha value is -2.01. The molecule has 0 amide bonds. The second-order valence-corrected chi connectivity index (χ2v) is 5.56. The van der Waals surface area contributed by atoms with Crippen molar-refractivity contribution in [1.82, 2.24) is 15.0 Å². The Balaban J connectivity index is 1.84. The van der Waals surface area contributed by atoms with E-state index < -0.39 is 0 Å². The zero-order chi connectivity index (χ0) is 14.7. The van der Waals surface area contributed by atoms with E-state index in [9.17, 15) is 5.11 Å². The normalized spacial score (nSPS) is 22.0. The molecule has 0 aliphatic heterocycles. The summed E-state index contributed by atoms with van der Waals surface area (Å²) in [5, 5.41) is 13.4. The van der Waals surface area contributed by atoms with Gasteiger partial charge in [0.05, 0.1) is 12.1 Å². The molecule has 0 saturated heterocycles. The topological polar surface area (TPSA) is 70.9 Å². The Morgan fingerprint density at radius 1 is 1.14 bits per heavy atom. The largest absolute Gasteiger partial charge is 0.391 e. The fraction of sp³-hybridized carbons (Fsp3) is 0.438. The lowest BCUT2D eigenvalue weighted by atomic mass is 9.92. The van der Waals surface area contributed by atoms with Gasteiger partial charge >= 0.3 is 0 Å². The van der Waals surface area contributed by atoms with Crippen LogP contribution in [0.5, 0.6) is 0 Å². The Bertz CT molecular complexity index is 602. The Morgan fingerprint density at radius 3 is 2.67 bits per heavy atom. The molecule has 1 fully saturated rings. The van der Waals surface area contributed by atoms with Gasteiger partial charge in [0.15, 0.2) is 5.82 Å². The van der Waals surface area contributed by atoms with E-state index in [0.29, 0.717) is 5.82 Å². The summed E-state index contributed by atoms with van der Waals surface area (Å²) >= 11 is 0. The highest BCUT2D eigenvalue weighted by Crippen LogP contribution is 2.23. The minimum Gasteiger partial charge on any atom is -0.391 e. The van der Waals surface area contributed by atoms with Crippen LogP contribution in [0.2, 0.25) is 0 Å². The van der Waals surface area contributed by atoms with E-state index in [1.807, 2.05) is 25.1 Å². The number of hydrogen-bond donors (Lipinski definition) is 2. The first kappa shape index (κ1) is 13.9. The Labute approximate surface area is 124 Å². The van der Waals surface area contributed by atoms with Crippen LogP contribution in [0.15, 0.2) is 30.6 Å². The van der Waals surface area contributed by atoms with Gasteiger partial charge in [-0.3, -0.25) is 4.98 Å². The van der Waals surface area contributed by atoms with Crippen molar-refractivity contribution in [3.8, 4) is 11.4 Å². The molecule has 3 rings (SSSR count). The molecule has 0 bridgehead atoms. The minimum absolute atomic E-state index is 0.0818. The minimum atomic E-state index is -0.293. The van der Waals surface area contributed by atoms with Gasteiger partial charge in [0.25, 0.3) is 0 Å². The number of aryl methyl sites for hydroxylation is 1. The molecule has 0 unspecified atom stereocenters. The zero-order valence-electron chi connectivity index (χ0n) is 12.2. The van der Waals surface area contributed by atoms with E-state index in [1.165, 1.54) is 0 Å². The number of pyridine rings is 1. The summed E-state index contributed by atoms with van der Waals surface area (Å²) in [6.45, 7) is 1.95. The van der Waals surface area contributed by atoms with Crippen LogP contribution in [0, 0.1) is 6.92 Å². The first-order valence-corrected chi connectivity index (χ1v) is 7.43. The van der Waals surface area contributed by atoms with Crippen LogP contribution in [0.3, 0.4) is 0 Å². The van der Waals surface area contributed by atoms with E-state index >= 15 is 0 Å². The molecule has 5 nitrogen and oxygen atoms in total. The summed E-state index contributed by atoms with van der Waals surface area (Å²) in [6, 6.07) is 5.80. The third kappa shape index (κ3) is 3.36. The van der Waals surface area contributed by atoms with Crippen molar-refractivity contribution in [1.29, 1.82) is 0 Å². The van der Waals surface area contributed by atoms with E-state index in [-0.39, 0.29) is 12.1 Å². The lowest BCUT2D eigenvalue weighted by molar-refractivity contribution is 0.116. The Morgan fingerprint density at radius 2 is 1.90 bits per heavy atom. The summed E-state index contributed by atoms with van der Waals surface area (Å²) in [6.07, 6.45) is 7.27. The summed E-state index contributed by atoms with van der Waals surface area (Å²) in [5.74, 6) is 1.46. The fourth-order valence-corrected chi connectivity index (χ4v) is 2.74. The van der Waals surface area contributed by atoms with Gasteiger partial charge in [-0.2, -0.15) is 0 Å². The predicted octanol–water partition coefficient (Wildman–Crippen LogP) is 2.56. The van der Waals surface area contributed by atoms with Crippen molar-refractivity contribution in [2.45, 2.75) is 44.8 Å². The second kappa shape index (κ2) is 6.18. The number of hydrogen-bond acceptors (Lipinski definition) is 5. The van der Waals surface area contributed by atoms with Gasteiger partial charge in [0.1, 0.15) is 5.82 Å². The smallest absolute Gasteiger partial charge is 0.161 e. The summed E-state index contributed by atoms with van der Waals surface area (Å²) in [4.78, 5) is 13.1. The number of aliphatic hydroxyl groups is 1. The molecule has 21 heavy (non-hydrogen) atoms. The number of rotatable bonds is 3. The van der Waals surface area contributed by atoms with Gasteiger partial charge in [-0.05, 0) is 31.9 Å².